The van der Waals surface area contributed by atoms with Crippen LogP contribution >= 0.6 is 0 Å². The Morgan fingerprint density at radius 2 is 1.46 bits per heavy atom. The maximum atomic E-state index is 12.0. The van der Waals surface area contributed by atoms with E-state index in [0.29, 0.717) is 12.2 Å². The summed E-state index contributed by atoms with van der Waals surface area (Å²) in [5, 5.41) is 0. The van der Waals surface area contributed by atoms with Gasteiger partial charge < -0.3 is 14.2 Å². The predicted octanol–water partition coefficient (Wildman–Crippen LogP) is 1.55. The van der Waals surface area contributed by atoms with E-state index in [1.807, 2.05) is 0 Å². The lowest BCUT2D eigenvalue weighted by atomic mass is 10.2. The lowest BCUT2D eigenvalue weighted by Gasteiger charge is -2.06. The van der Waals surface area contributed by atoms with Gasteiger partial charge in [0.15, 0.2) is 12.4 Å². The standard InChI is InChI=1S/C19H20NO6/c1-2-24-17(21)14-20-10-6-9-16(13-20)19(23)26-12-11-25-18(22)15-7-4-3-5-8-15/h3-10,13H,2,11-12,14H2,1H3/q+1. The Morgan fingerprint density at radius 1 is 0.846 bits per heavy atom. The molecule has 7 heteroatoms. The summed E-state index contributed by atoms with van der Waals surface area (Å²) in [5.41, 5.74) is 0.716. The number of hydrogen-bond donors (Lipinski definition) is 0. The molecule has 1 heterocycles. The van der Waals surface area contributed by atoms with Crippen molar-refractivity contribution in [2.45, 2.75) is 13.5 Å². The van der Waals surface area contributed by atoms with Gasteiger partial charge in [0.25, 0.3) is 0 Å². The second-order valence-electron chi connectivity index (χ2n) is 5.21. The maximum absolute atomic E-state index is 12.0. The summed E-state index contributed by atoms with van der Waals surface area (Å²) in [7, 11) is 0. The first-order chi connectivity index (χ1) is 12.6. The van der Waals surface area contributed by atoms with Crippen LogP contribution in [0.3, 0.4) is 0 Å². The van der Waals surface area contributed by atoms with Crippen molar-refractivity contribution in [1.82, 2.24) is 0 Å². The molecule has 0 amide bonds. The van der Waals surface area contributed by atoms with Crippen LogP contribution in [-0.4, -0.2) is 37.7 Å². The molecule has 0 saturated heterocycles. The minimum Gasteiger partial charge on any atom is -0.461 e. The van der Waals surface area contributed by atoms with Crippen LogP contribution in [0.1, 0.15) is 27.6 Å². The first kappa shape index (κ1) is 19.1. The normalized spacial score (nSPS) is 10.0. The Kier molecular flexibility index (Phi) is 7.30. The number of hydrogen-bond acceptors (Lipinski definition) is 6. The van der Waals surface area contributed by atoms with Crippen LogP contribution < -0.4 is 4.57 Å². The molecule has 2 aromatic rings. The molecule has 1 aromatic carbocycles. The van der Waals surface area contributed by atoms with Crippen molar-refractivity contribution in [3.8, 4) is 0 Å². The maximum Gasteiger partial charge on any atom is 0.372 e. The summed E-state index contributed by atoms with van der Waals surface area (Å²) in [6, 6.07) is 11.7. The van der Waals surface area contributed by atoms with Gasteiger partial charge in [-0.2, -0.15) is 4.57 Å². The third kappa shape index (κ3) is 6.01. The van der Waals surface area contributed by atoms with Crippen LogP contribution in [0.4, 0.5) is 0 Å². The Bertz CT molecular complexity index is 760. The lowest BCUT2D eigenvalue weighted by molar-refractivity contribution is -0.686. The van der Waals surface area contributed by atoms with Gasteiger partial charge in [0.2, 0.25) is 6.54 Å². The van der Waals surface area contributed by atoms with Crippen molar-refractivity contribution in [3.63, 3.8) is 0 Å². The fourth-order valence-corrected chi connectivity index (χ4v) is 2.11. The number of benzene rings is 1. The molecule has 0 aliphatic heterocycles. The van der Waals surface area contributed by atoms with E-state index in [1.165, 1.54) is 10.8 Å². The highest BCUT2D eigenvalue weighted by molar-refractivity contribution is 5.89. The van der Waals surface area contributed by atoms with E-state index in [0.717, 1.165) is 0 Å². The first-order valence-corrected chi connectivity index (χ1v) is 8.14. The summed E-state index contributed by atoms with van der Waals surface area (Å²) < 4.78 is 16.5. The van der Waals surface area contributed by atoms with Gasteiger partial charge in [0, 0.05) is 6.07 Å². The third-order valence-electron chi connectivity index (χ3n) is 3.27. The molecule has 26 heavy (non-hydrogen) atoms. The molecule has 0 atom stereocenters. The second-order valence-corrected chi connectivity index (χ2v) is 5.21. The van der Waals surface area contributed by atoms with Crippen molar-refractivity contribution in [2.24, 2.45) is 0 Å². The van der Waals surface area contributed by atoms with Crippen LogP contribution in [0, 0.1) is 0 Å². The summed E-state index contributed by atoms with van der Waals surface area (Å²) in [6.07, 6.45) is 3.14. The lowest BCUT2D eigenvalue weighted by Crippen LogP contribution is -2.38. The van der Waals surface area contributed by atoms with E-state index >= 15 is 0 Å². The molecule has 0 aliphatic carbocycles. The first-order valence-electron chi connectivity index (χ1n) is 8.14. The van der Waals surface area contributed by atoms with Crippen LogP contribution in [0.2, 0.25) is 0 Å². The number of nitrogens with zero attached hydrogens (tertiary/aromatic N) is 1. The quantitative estimate of drug-likeness (QED) is 0.308. The fraction of sp³-hybridized carbons (Fsp3) is 0.263. The van der Waals surface area contributed by atoms with Crippen molar-refractivity contribution in [3.05, 3.63) is 66.0 Å². The molecule has 0 unspecified atom stereocenters. The van der Waals surface area contributed by atoms with E-state index in [2.05, 4.69) is 0 Å². The summed E-state index contributed by atoms with van der Waals surface area (Å²) in [6.45, 7) is 1.91. The highest BCUT2D eigenvalue weighted by Crippen LogP contribution is 2.02. The SMILES string of the molecule is CCOC(=O)C[n+]1cccc(C(=O)OCCOC(=O)c2ccccc2)c1. The van der Waals surface area contributed by atoms with Gasteiger partial charge in [-0.1, -0.05) is 18.2 Å². The van der Waals surface area contributed by atoms with Gasteiger partial charge in [0.1, 0.15) is 18.8 Å². The summed E-state index contributed by atoms with van der Waals surface area (Å²) in [5.74, 6) is -1.44. The Balaban J connectivity index is 1.79. The third-order valence-corrected chi connectivity index (χ3v) is 3.27. The molecule has 0 fully saturated rings. The Hall–Kier alpha value is -3.22. The summed E-state index contributed by atoms with van der Waals surface area (Å²) in [4.78, 5) is 35.3. The molecular formula is C19H20NO6+. The van der Waals surface area contributed by atoms with Gasteiger partial charge in [-0.3, -0.25) is 0 Å². The molecule has 1 aromatic heterocycles. The molecule has 0 N–H and O–H groups in total. The van der Waals surface area contributed by atoms with Gasteiger partial charge in [-0.25, -0.2) is 14.4 Å². The number of ether oxygens (including phenoxy) is 3. The van der Waals surface area contributed by atoms with Crippen molar-refractivity contribution in [1.29, 1.82) is 0 Å². The van der Waals surface area contributed by atoms with Crippen LogP contribution in [0.15, 0.2) is 54.9 Å². The molecule has 0 saturated carbocycles. The molecule has 0 radical (unpaired) electrons. The molecular weight excluding hydrogens is 338 g/mol. The van der Waals surface area contributed by atoms with Gasteiger partial charge in [-0.05, 0) is 25.1 Å². The van der Waals surface area contributed by atoms with Crippen LogP contribution in [0.25, 0.3) is 0 Å². The predicted molar refractivity (Wildman–Crippen MR) is 90.3 cm³/mol. The van der Waals surface area contributed by atoms with E-state index in [4.69, 9.17) is 14.2 Å². The average molecular weight is 358 g/mol. The number of pyridine rings is 1. The fourth-order valence-electron chi connectivity index (χ4n) is 2.11. The minimum atomic E-state index is -0.570. The van der Waals surface area contributed by atoms with Gasteiger partial charge in [-0.15, -0.1) is 0 Å². The molecule has 0 aliphatic rings. The zero-order valence-electron chi connectivity index (χ0n) is 14.4. The smallest absolute Gasteiger partial charge is 0.372 e. The highest BCUT2D eigenvalue weighted by atomic mass is 16.6. The number of carbonyl (C=O) groups excluding carboxylic acids is 3. The van der Waals surface area contributed by atoms with E-state index in [1.54, 1.807) is 55.6 Å². The van der Waals surface area contributed by atoms with Gasteiger partial charge >= 0.3 is 17.9 Å². The Labute approximate surface area is 151 Å². The monoisotopic (exact) mass is 358 g/mol. The topological polar surface area (TPSA) is 82.8 Å². The molecule has 0 bridgehead atoms. The zero-order valence-corrected chi connectivity index (χ0v) is 14.4. The second kappa shape index (κ2) is 9.93. The number of aromatic nitrogens is 1. The van der Waals surface area contributed by atoms with E-state index in [9.17, 15) is 14.4 Å². The highest BCUT2D eigenvalue weighted by Gasteiger charge is 2.15. The number of rotatable bonds is 8. The molecule has 2 rings (SSSR count). The van der Waals surface area contributed by atoms with Gasteiger partial charge in [0.05, 0.1) is 12.2 Å². The number of esters is 3. The minimum absolute atomic E-state index is 0.00362. The largest absolute Gasteiger partial charge is 0.461 e. The van der Waals surface area contributed by atoms with Crippen LogP contribution in [0.5, 0.6) is 0 Å². The van der Waals surface area contributed by atoms with E-state index < -0.39 is 17.9 Å². The van der Waals surface area contributed by atoms with Crippen molar-refractivity contribution >= 4 is 17.9 Å². The molecule has 136 valence electrons. The molecule has 0 spiro atoms. The van der Waals surface area contributed by atoms with Crippen molar-refractivity contribution in [2.75, 3.05) is 19.8 Å². The average Bonchev–Trinajstić information content (AvgIpc) is 2.66. The molecule has 7 nitrogen and oxygen atoms in total. The number of carbonyl (C=O) groups is 3. The Morgan fingerprint density at radius 3 is 2.12 bits per heavy atom. The van der Waals surface area contributed by atoms with Crippen molar-refractivity contribution < 1.29 is 33.2 Å². The van der Waals surface area contributed by atoms with Crippen LogP contribution in [-0.2, 0) is 25.5 Å². The zero-order chi connectivity index (χ0) is 18.8. The van der Waals surface area contributed by atoms with E-state index in [-0.39, 0.29) is 25.3 Å². The summed E-state index contributed by atoms with van der Waals surface area (Å²) >= 11 is 0.